The molecule has 2 rings (SSSR count). The first kappa shape index (κ1) is 28.7. The van der Waals surface area contributed by atoms with Gasteiger partial charge in [0.1, 0.15) is 18.3 Å². The maximum absolute atomic E-state index is 13.5. The van der Waals surface area contributed by atoms with Gasteiger partial charge in [-0.2, -0.15) is 0 Å². The molecule has 0 spiro atoms. The third-order valence-corrected chi connectivity index (χ3v) is 6.90. The molecule has 35 heavy (non-hydrogen) atoms. The molecule has 0 aliphatic rings. The van der Waals surface area contributed by atoms with Gasteiger partial charge in [-0.05, 0) is 57.5 Å². The standard InChI is InChI=1S/C24H31Cl2N3O5S/c1-16(23(31)27-24(2,3)4)28(14-17-10-11-20(25)21(26)12-17)22(30)15-29(35(6,32)33)18-8-7-9-19(13-18)34-5/h7-13,16H,14-15H2,1-6H3,(H,27,31). The van der Waals surface area contributed by atoms with E-state index in [0.717, 1.165) is 10.6 Å². The van der Waals surface area contributed by atoms with Crippen molar-refractivity contribution < 1.29 is 22.7 Å². The summed E-state index contributed by atoms with van der Waals surface area (Å²) in [6.07, 6.45) is 1.01. The van der Waals surface area contributed by atoms with E-state index in [9.17, 15) is 18.0 Å². The molecule has 0 aliphatic heterocycles. The molecular weight excluding hydrogens is 513 g/mol. The number of benzene rings is 2. The highest BCUT2D eigenvalue weighted by Gasteiger charge is 2.31. The predicted octanol–water partition coefficient (Wildman–Crippen LogP) is 4.10. The Labute approximate surface area is 217 Å². The maximum atomic E-state index is 13.5. The molecular formula is C24H31Cl2N3O5S. The Bertz CT molecular complexity index is 1180. The van der Waals surface area contributed by atoms with Crippen molar-refractivity contribution in [1.29, 1.82) is 0 Å². The number of methoxy groups -OCH3 is 1. The van der Waals surface area contributed by atoms with Crippen LogP contribution in [0.3, 0.4) is 0 Å². The first-order chi connectivity index (χ1) is 16.1. The van der Waals surface area contributed by atoms with Crippen LogP contribution >= 0.6 is 23.2 Å². The van der Waals surface area contributed by atoms with E-state index in [1.165, 1.54) is 18.1 Å². The Morgan fingerprint density at radius 1 is 1.09 bits per heavy atom. The molecule has 1 atom stereocenters. The van der Waals surface area contributed by atoms with Crippen molar-refractivity contribution in [3.63, 3.8) is 0 Å². The first-order valence-corrected chi connectivity index (χ1v) is 13.4. The predicted molar refractivity (Wildman–Crippen MR) is 140 cm³/mol. The van der Waals surface area contributed by atoms with Crippen LogP contribution in [-0.2, 0) is 26.2 Å². The van der Waals surface area contributed by atoms with Gasteiger partial charge in [-0.25, -0.2) is 8.42 Å². The molecule has 0 aliphatic carbocycles. The van der Waals surface area contributed by atoms with Crippen molar-refractivity contribution in [3.05, 3.63) is 58.1 Å². The minimum atomic E-state index is -3.84. The van der Waals surface area contributed by atoms with E-state index in [1.54, 1.807) is 43.3 Å². The molecule has 1 unspecified atom stereocenters. The number of carbonyl (C=O) groups excluding carboxylic acids is 2. The average Bonchev–Trinajstić information content (AvgIpc) is 2.75. The molecule has 0 fully saturated rings. The summed E-state index contributed by atoms with van der Waals surface area (Å²) < 4.78 is 31.4. The Kier molecular flexibility index (Phi) is 9.44. The summed E-state index contributed by atoms with van der Waals surface area (Å²) in [4.78, 5) is 27.8. The van der Waals surface area contributed by atoms with Crippen LogP contribution in [0.5, 0.6) is 5.75 Å². The quantitative estimate of drug-likeness (QED) is 0.513. The van der Waals surface area contributed by atoms with Crippen LogP contribution in [0.1, 0.15) is 33.3 Å². The molecule has 0 radical (unpaired) electrons. The summed E-state index contributed by atoms with van der Waals surface area (Å²) in [5, 5.41) is 3.52. The van der Waals surface area contributed by atoms with E-state index in [0.29, 0.717) is 21.4 Å². The van der Waals surface area contributed by atoms with Gasteiger partial charge in [-0.15, -0.1) is 0 Å². The highest BCUT2D eigenvalue weighted by molar-refractivity contribution is 7.92. The number of carbonyl (C=O) groups is 2. The van der Waals surface area contributed by atoms with Crippen LogP contribution in [0.4, 0.5) is 5.69 Å². The SMILES string of the molecule is COc1cccc(N(CC(=O)N(Cc2ccc(Cl)c(Cl)c2)C(C)C(=O)NC(C)(C)C)S(C)(=O)=O)c1. The first-order valence-electron chi connectivity index (χ1n) is 10.8. The van der Waals surface area contributed by atoms with Crippen molar-refractivity contribution in [3.8, 4) is 5.75 Å². The molecule has 0 bridgehead atoms. The lowest BCUT2D eigenvalue weighted by Gasteiger charge is -2.33. The number of amides is 2. The van der Waals surface area contributed by atoms with E-state index in [4.69, 9.17) is 27.9 Å². The Balaban J connectivity index is 2.44. The molecule has 0 saturated heterocycles. The molecule has 2 aromatic carbocycles. The molecule has 192 valence electrons. The highest BCUT2D eigenvalue weighted by Crippen LogP contribution is 2.26. The lowest BCUT2D eigenvalue weighted by atomic mass is 10.1. The van der Waals surface area contributed by atoms with Gasteiger partial charge in [0.25, 0.3) is 0 Å². The van der Waals surface area contributed by atoms with Gasteiger partial charge in [0.15, 0.2) is 0 Å². The Morgan fingerprint density at radius 3 is 2.29 bits per heavy atom. The van der Waals surface area contributed by atoms with Crippen LogP contribution in [0.2, 0.25) is 10.0 Å². The fourth-order valence-corrected chi connectivity index (χ4v) is 4.43. The lowest BCUT2D eigenvalue weighted by molar-refractivity contribution is -0.140. The summed E-state index contributed by atoms with van der Waals surface area (Å²) in [6.45, 7) is 6.59. The molecule has 0 saturated carbocycles. The molecule has 0 heterocycles. The van der Waals surface area contributed by atoms with E-state index in [2.05, 4.69) is 5.32 Å². The number of halogens is 2. The number of ether oxygens (including phenoxy) is 1. The van der Waals surface area contributed by atoms with E-state index in [-0.39, 0.29) is 18.1 Å². The fraction of sp³-hybridized carbons (Fsp3) is 0.417. The fourth-order valence-electron chi connectivity index (χ4n) is 3.27. The lowest BCUT2D eigenvalue weighted by Crippen LogP contribution is -2.54. The number of rotatable bonds is 9. The summed E-state index contributed by atoms with van der Waals surface area (Å²) >= 11 is 12.2. The minimum absolute atomic E-state index is 0.0180. The number of hydrogen-bond donors (Lipinski definition) is 1. The zero-order valence-electron chi connectivity index (χ0n) is 20.6. The molecule has 11 heteroatoms. The van der Waals surface area contributed by atoms with Gasteiger partial charge in [0, 0.05) is 18.2 Å². The second-order valence-electron chi connectivity index (χ2n) is 9.16. The number of sulfonamides is 1. The molecule has 2 aromatic rings. The Hall–Kier alpha value is -2.49. The average molecular weight is 545 g/mol. The number of nitrogens with zero attached hydrogens (tertiary/aromatic N) is 2. The van der Waals surface area contributed by atoms with Crippen molar-refractivity contribution in [2.75, 3.05) is 24.2 Å². The van der Waals surface area contributed by atoms with Crippen molar-refractivity contribution in [2.24, 2.45) is 0 Å². The molecule has 1 N–H and O–H groups in total. The van der Waals surface area contributed by atoms with Gasteiger partial charge in [-0.3, -0.25) is 13.9 Å². The minimum Gasteiger partial charge on any atom is -0.497 e. The molecule has 2 amide bonds. The van der Waals surface area contributed by atoms with Gasteiger partial charge in [0.05, 0.1) is 29.1 Å². The summed E-state index contributed by atoms with van der Waals surface area (Å²) in [7, 11) is -2.38. The van der Waals surface area contributed by atoms with Crippen molar-refractivity contribution >= 4 is 50.7 Å². The highest BCUT2D eigenvalue weighted by atomic mass is 35.5. The summed E-state index contributed by atoms with van der Waals surface area (Å²) in [6, 6.07) is 10.4. The monoisotopic (exact) mass is 543 g/mol. The zero-order valence-corrected chi connectivity index (χ0v) is 23.0. The normalized spacial score (nSPS) is 12.6. The third-order valence-electron chi connectivity index (χ3n) is 5.02. The number of anilines is 1. The van der Waals surface area contributed by atoms with E-state index < -0.39 is 34.1 Å². The van der Waals surface area contributed by atoms with Gasteiger partial charge >= 0.3 is 0 Å². The van der Waals surface area contributed by atoms with Crippen LogP contribution in [0, 0.1) is 0 Å². The smallest absolute Gasteiger partial charge is 0.244 e. The van der Waals surface area contributed by atoms with E-state index in [1.807, 2.05) is 20.8 Å². The summed E-state index contributed by atoms with van der Waals surface area (Å²) in [5.74, 6) is -0.506. The third kappa shape index (κ3) is 8.30. The maximum Gasteiger partial charge on any atom is 0.244 e. The number of nitrogens with one attached hydrogen (secondary N) is 1. The van der Waals surface area contributed by atoms with Crippen molar-refractivity contribution in [1.82, 2.24) is 10.2 Å². The summed E-state index contributed by atoms with van der Waals surface area (Å²) in [5.41, 5.74) is 0.375. The molecule has 0 aromatic heterocycles. The zero-order chi connectivity index (χ0) is 26.6. The second kappa shape index (κ2) is 11.5. The largest absolute Gasteiger partial charge is 0.497 e. The second-order valence-corrected chi connectivity index (χ2v) is 11.9. The van der Waals surface area contributed by atoms with Crippen LogP contribution in [0.25, 0.3) is 0 Å². The van der Waals surface area contributed by atoms with Gasteiger partial charge < -0.3 is 15.0 Å². The van der Waals surface area contributed by atoms with Crippen LogP contribution in [-0.4, -0.2) is 56.6 Å². The van der Waals surface area contributed by atoms with Crippen molar-refractivity contribution in [2.45, 2.75) is 45.8 Å². The Morgan fingerprint density at radius 2 is 1.74 bits per heavy atom. The van der Waals surface area contributed by atoms with Crippen LogP contribution in [0.15, 0.2) is 42.5 Å². The molecule has 8 nitrogen and oxygen atoms in total. The number of hydrogen-bond acceptors (Lipinski definition) is 5. The van der Waals surface area contributed by atoms with E-state index >= 15 is 0 Å². The van der Waals surface area contributed by atoms with Gasteiger partial charge in [-0.1, -0.05) is 35.3 Å². The van der Waals surface area contributed by atoms with Crippen LogP contribution < -0.4 is 14.4 Å². The topological polar surface area (TPSA) is 96.0 Å². The van der Waals surface area contributed by atoms with Gasteiger partial charge in [0.2, 0.25) is 21.8 Å².